The van der Waals surface area contributed by atoms with Crippen LogP contribution in [0.5, 0.6) is 0 Å². The Morgan fingerprint density at radius 3 is 1.90 bits per heavy atom. The van der Waals surface area contributed by atoms with E-state index in [1.165, 1.54) is 6.42 Å². The minimum Gasteiger partial charge on any atom is -0.380 e. The van der Waals surface area contributed by atoms with Gasteiger partial charge in [-0.15, -0.1) is 0 Å². The van der Waals surface area contributed by atoms with Crippen LogP contribution in [0, 0.1) is 5.92 Å². The van der Waals surface area contributed by atoms with Crippen LogP contribution in [0.25, 0.3) is 0 Å². The summed E-state index contributed by atoms with van der Waals surface area (Å²) >= 11 is 0. The summed E-state index contributed by atoms with van der Waals surface area (Å²) in [6.07, 6.45) is 1.21. The molecule has 0 heterocycles. The minimum absolute atomic E-state index is 0.549. The van der Waals surface area contributed by atoms with Crippen molar-refractivity contribution in [2.45, 2.75) is 47.1 Å². The Hall–Kier alpha value is -0.160. The van der Waals surface area contributed by atoms with Crippen molar-refractivity contribution in [1.29, 1.82) is 0 Å². The van der Waals surface area contributed by atoms with Gasteiger partial charge in [0.05, 0.1) is 13.2 Å². The van der Waals surface area contributed by atoms with Gasteiger partial charge < -0.3 is 14.8 Å². The zero-order valence-corrected chi connectivity index (χ0v) is 14.3. The fourth-order valence-electron chi connectivity index (χ4n) is 2.24. The van der Waals surface area contributed by atoms with E-state index in [-0.39, 0.29) is 0 Å². The first-order valence-electron chi connectivity index (χ1n) is 8.30. The molecule has 0 aromatic carbocycles. The molecule has 122 valence electrons. The maximum Gasteiger partial charge on any atom is 0.0593 e. The Bertz CT molecular complexity index is 193. The monoisotopic (exact) mass is 288 g/mol. The molecule has 2 atom stereocenters. The van der Waals surface area contributed by atoms with Crippen LogP contribution >= 0.6 is 0 Å². The van der Waals surface area contributed by atoms with E-state index in [9.17, 15) is 0 Å². The molecular formula is C16H36N2O2. The van der Waals surface area contributed by atoms with Gasteiger partial charge >= 0.3 is 0 Å². The minimum atomic E-state index is 0.549. The molecular weight excluding hydrogens is 252 g/mol. The standard InChI is InChI=1S/C16H36N2O2/c1-6-15(5)16(17-7-2)14-18(10-12-19-8-3)11-13-20-9-4/h15-17H,6-14H2,1-5H3. The van der Waals surface area contributed by atoms with Crippen molar-refractivity contribution in [3.63, 3.8) is 0 Å². The lowest BCUT2D eigenvalue weighted by Crippen LogP contribution is -2.46. The highest BCUT2D eigenvalue weighted by Crippen LogP contribution is 2.09. The molecule has 0 rings (SSSR count). The number of rotatable bonds is 14. The average Bonchev–Trinajstić information content (AvgIpc) is 2.46. The number of hydrogen-bond donors (Lipinski definition) is 1. The van der Waals surface area contributed by atoms with Crippen molar-refractivity contribution in [1.82, 2.24) is 10.2 Å². The molecule has 4 nitrogen and oxygen atoms in total. The fourth-order valence-corrected chi connectivity index (χ4v) is 2.24. The van der Waals surface area contributed by atoms with Gasteiger partial charge in [0, 0.05) is 38.9 Å². The van der Waals surface area contributed by atoms with Gasteiger partial charge in [-0.2, -0.15) is 0 Å². The van der Waals surface area contributed by atoms with Gasteiger partial charge in [0.15, 0.2) is 0 Å². The van der Waals surface area contributed by atoms with Crippen LogP contribution in [0.4, 0.5) is 0 Å². The molecule has 0 aromatic rings. The molecule has 0 aliphatic carbocycles. The summed E-state index contributed by atoms with van der Waals surface area (Å²) in [4.78, 5) is 2.46. The van der Waals surface area contributed by atoms with Crippen LogP contribution in [0.15, 0.2) is 0 Å². The molecule has 0 amide bonds. The Labute approximate surface area is 126 Å². The van der Waals surface area contributed by atoms with Crippen molar-refractivity contribution in [2.75, 3.05) is 52.6 Å². The number of ether oxygens (including phenoxy) is 2. The molecule has 0 aliphatic rings. The summed E-state index contributed by atoms with van der Waals surface area (Å²) in [5.41, 5.74) is 0. The second-order valence-electron chi connectivity index (χ2n) is 5.24. The third-order valence-corrected chi connectivity index (χ3v) is 3.76. The van der Waals surface area contributed by atoms with Gasteiger partial charge in [-0.3, -0.25) is 4.90 Å². The van der Waals surface area contributed by atoms with Crippen molar-refractivity contribution in [3.05, 3.63) is 0 Å². The quantitative estimate of drug-likeness (QED) is 0.498. The second-order valence-corrected chi connectivity index (χ2v) is 5.24. The number of nitrogens with one attached hydrogen (secondary N) is 1. The molecule has 0 saturated carbocycles. The van der Waals surface area contributed by atoms with Gasteiger partial charge in [0.2, 0.25) is 0 Å². The van der Waals surface area contributed by atoms with Crippen LogP contribution in [-0.2, 0) is 9.47 Å². The SMILES string of the molecule is CCNC(CN(CCOCC)CCOCC)C(C)CC. The van der Waals surface area contributed by atoms with Crippen LogP contribution in [-0.4, -0.2) is 63.5 Å². The zero-order valence-electron chi connectivity index (χ0n) is 14.3. The van der Waals surface area contributed by atoms with Gasteiger partial charge in [0.25, 0.3) is 0 Å². The lowest BCUT2D eigenvalue weighted by molar-refractivity contribution is 0.0749. The van der Waals surface area contributed by atoms with Crippen molar-refractivity contribution < 1.29 is 9.47 Å². The van der Waals surface area contributed by atoms with Crippen LogP contribution in [0.2, 0.25) is 0 Å². The molecule has 4 heteroatoms. The predicted octanol–water partition coefficient (Wildman–Crippen LogP) is 2.39. The normalized spacial score (nSPS) is 14.7. The van der Waals surface area contributed by atoms with E-state index >= 15 is 0 Å². The third kappa shape index (κ3) is 9.70. The summed E-state index contributed by atoms with van der Waals surface area (Å²) < 4.78 is 11.0. The van der Waals surface area contributed by atoms with Crippen LogP contribution in [0.3, 0.4) is 0 Å². The third-order valence-electron chi connectivity index (χ3n) is 3.76. The highest BCUT2D eigenvalue weighted by Gasteiger charge is 2.18. The van der Waals surface area contributed by atoms with E-state index in [1.807, 2.05) is 13.8 Å². The molecule has 0 radical (unpaired) electrons. The Morgan fingerprint density at radius 1 is 0.950 bits per heavy atom. The van der Waals surface area contributed by atoms with E-state index in [2.05, 4.69) is 31.0 Å². The first kappa shape index (κ1) is 19.8. The molecule has 1 N–H and O–H groups in total. The first-order chi connectivity index (χ1) is 9.69. The summed E-state index contributed by atoms with van der Waals surface area (Å²) in [5.74, 6) is 0.691. The maximum atomic E-state index is 5.50. The lowest BCUT2D eigenvalue weighted by atomic mass is 9.98. The largest absolute Gasteiger partial charge is 0.380 e. The fraction of sp³-hybridized carbons (Fsp3) is 1.00. The summed E-state index contributed by atoms with van der Waals surface area (Å²) in [7, 11) is 0. The molecule has 0 aliphatic heterocycles. The Morgan fingerprint density at radius 2 is 1.50 bits per heavy atom. The number of nitrogens with zero attached hydrogens (tertiary/aromatic N) is 1. The van der Waals surface area contributed by atoms with E-state index in [1.54, 1.807) is 0 Å². The molecule has 0 bridgehead atoms. The summed E-state index contributed by atoms with van der Waals surface area (Å²) in [6.45, 7) is 18.1. The first-order valence-corrected chi connectivity index (χ1v) is 8.30. The van der Waals surface area contributed by atoms with Crippen molar-refractivity contribution in [3.8, 4) is 0 Å². The van der Waals surface area contributed by atoms with Crippen LogP contribution < -0.4 is 5.32 Å². The molecule has 0 aromatic heterocycles. The van der Waals surface area contributed by atoms with Gasteiger partial charge in [0.1, 0.15) is 0 Å². The Balaban J connectivity index is 4.30. The van der Waals surface area contributed by atoms with E-state index in [4.69, 9.17) is 9.47 Å². The van der Waals surface area contributed by atoms with Crippen molar-refractivity contribution >= 4 is 0 Å². The number of likely N-dealkylation sites (N-methyl/N-ethyl adjacent to an activating group) is 1. The van der Waals surface area contributed by atoms with Crippen LogP contribution in [0.1, 0.15) is 41.0 Å². The summed E-state index contributed by atoms with van der Waals surface area (Å²) in [5, 5.41) is 3.62. The average molecular weight is 288 g/mol. The van der Waals surface area contributed by atoms with E-state index < -0.39 is 0 Å². The number of hydrogen-bond acceptors (Lipinski definition) is 4. The topological polar surface area (TPSA) is 33.7 Å². The molecule has 0 spiro atoms. The van der Waals surface area contributed by atoms with E-state index in [0.29, 0.717) is 12.0 Å². The van der Waals surface area contributed by atoms with Gasteiger partial charge in [-0.25, -0.2) is 0 Å². The van der Waals surface area contributed by atoms with E-state index in [0.717, 1.165) is 52.6 Å². The van der Waals surface area contributed by atoms with Gasteiger partial charge in [-0.05, 0) is 26.3 Å². The highest BCUT2D eigenvalue weighted by molar-refractivity contribution is 4.76. The molecule has 0 saturated heterocycles. The van der Waals surface area contributed by atoms with Gasteiger partial charge in [-0.1, -0.05) is 27.2 Å². The summed E-state index contributed by atoms with van der Waals surface area (Å²) in [6, 6.07) is 0.549. The highest BCUT2D eigenvalue weighted by atomic mass is 16.5. The zero-order chi connectivity index (χ0) is 15.2. The lowest BCUT2D eigenvalue weighted by Gasteiger charge is -2.31. The van der Waals surface area contributed by atoms with Crippen molar-refractivity contribution in [2.24, 2.45) is 5.92 Å². The molecule has 2 unspecified atom stereocenters. The molecule has 20 heavy (non-hydrogen) atoms. The predicted molar refractivity (Wildman–Crippen MR) is 86.3 cm³/mol. The smallest absolute Gasteiger partial charge is 0.0593 e. The Kier molecular flexibility index (Phi) is 13.7. The molecule has 0 fully saturated rings. The maximum absolute atomic E-state index is 5.50. The second kappa shape index (κ2) is 13.8.